The Kier molecular flexibility index (Phi) is 96.9. The Morgan fingerprint density at radius 3 is 0.750 bits per heavy atom. The maximum absolute atomic E-state index is 8.74. The van der Waals surface area contributed by atoms with Crippen molar-refractivity contribution in [3.8, 4) is 0 Å². The molecule has 16 heavy (non-hydrogen) atoms. The summed E-state index contributed by atoms with van der Waals surface area (Å²) in [5, 5.41) is 0. The average Bonchev–Trinajstić information content (AvgIpc) is 1.54. The van der Waals surface area contributed by atoms with Crippen LogP contribution in [0, 0.1) is 0 Å². The first kappa shape index (κ1) is 43.1. The summed E-state index contributed by atoms with van der Waals surface area (Å²) in [6.07, 6.45) is 0. The fourth-order valence-electron chi connectivity index (χ4n) is 0. The monoisotopic (exact) mass is 386 g/mol. The van der Waals surface area contributed by atoms with Crippen molar-refractivity contribution >= 4 is 27.5 Å². The maximum Gasteiger partial charge on any atom is 1.00 e. The third kappa shape index (κ3) is 1180. The van der Waals surface area contributed by atoms with Gasteiger partial charge in [-0.05, 0) is 0 Å². The van der Waals surface area contributed by atoms with Crippen molar-refractivity contribution in [3.05, 3.63) is 0 Å². The summed E-state index contributed by atoms with van der Waals surface area (Å²) < 4.78 is 26.0. The zero-order chi connectivity index (χ0) is 10.7. The van der Waals surface area contributed by atoms with Gasteiger partial charge in [0.25, 0.3) is 0 Å². The van der Waals surface area contributed by atoms with Crippen molar-refractivity contribution < 1.29 is 133 Å². The van der Waals surface area contributed by atoms with Crippen LogP contribution in [0.15, 0.2) is 0 Å². The molecule has 84 valence electrons. The second-order valence-electron chi connectivity index (χ2n) is 0.814. The first-order valence-corrected chi connectivity index (χ1v) is 5.75. The van der Waals surface area contributed by atoms with Crippen LogP contribution in [0.3, 0.4) is 0 Å². The molecule has 0 aromatic heterocycles. The predicted molar refractivity (Wildman–Crippen MR) is 31.8 cm³/mol. The van der Waals surface area contributed by atoms with E-state index in [1.54, 1.807) is 0 Å². The van der Waals surface area contributed by atoms with E-state index < -0.39 is 27.5 Å². The minimum absolute atomic E-state index is 0. The quantitative estimate of drug-likeness (QED) is 0.290. The topological polar surface area (TPSA) is 210 Å². The van der Waals surface area contributed by atoms with E-state index in [0.717, 1.165) is 0 Å². The van der Waals surface area contributed by atoms with Crippen LogP contribution in [-0.2, 0) is 39.6 Å². The second kappa shape index (κ2) is 36.0. The third-order valence-corrected chi connectivity index (χ3v) is 0. The van der Waals surface area contributed by atoms with Crippen molar-refractivity contribution in [2.45, 2.75) is 0 Å². The van der Waals surface area contributed by atoms with E-state index in [2.05, 4.69) is 0 Å². The molecule has 0 unspecified atom stereocenters. The van der Waals surface area contributed by atoms with Gasteiger partial charge < -0.3 is 43.2 Å². The van der Waals surface area contributed by atoms with Gasteiger partial charge in [0.1, 0.15) is 0 Å². The van der Waals surface area contributed by atoms with E-state index in [-0.39, 0.29) is 90.8 Å². The molecule has 0 aromatic carbocycles. The summed E-state index contributed by atoms with van der Waals surface area (Å²) in [5.41, 5.74) is 0. The Labute approximate surface area is 158 Å². The zero-order valence-electron chi connectivity index (χ0n) is 8.33. The van der Waals surface area contributed by atoms with Crippen LogP contribution in [0.25, 0.3) is 0 Å². The minimum Gasteiger partial charge on any atom is -0.604 e. The Hall–Kier alpha value is 1.69. The number of hydrogen-bond donors (Lipinski definition) is 4. The van der Waals surface area contributed by atoms with Crippen LogP contribution in [0.5, 0.6) is 0 Å². The van der Waals surface area contributed by atoms with Gasteiger partial charge in [-0.15, -0.1) is 0 Å². The summed E-state index contributed by atoms with van der Waals surface area (Å²) in [6.45, 7) is 0. The van der Waals surface area contributed by atoms with Crippen molar-refractivity contribution in [3.63, 3.8) is 0 Å². The largest absolute Gasteiger partial charge is 1.00 e. The van der Waals surface area contributed by atoms with Crippen molar-refractivity contribution in [2.75, 3.05) is 0 Å². The molecule has 0 radical (unpaired) electrons. The Morgan fingerprint density at radius 2 is 0.750 bits per heavy atom. The predicted octanol–water partition coefficient (Wildman–Crippen LogP) is -12.9. The molecule has 0 atom stereocenters. The molecule has 0 spiro atoms. The third-order valence-electron chi connectivity index (χ3n) is 0. The van der Waals surface area contributed by atoms with Gasteiger partial charge in [-0.25, -0.2) is 0 Å². The van der Waals surface area contributed by atoms with Gasteiger partial charge in [0, 0.05) is 26.2 Å². The summed E-state index contributed by atoms with van der Waals surface area (Å²) in [6, 6.07) is 0. The molecule has 0 aliphatic rings. The van der Waals surface area contributed by atoms with Gasteiger partial charge in [0.2, 0.25) is 0 Å². The van der Waals surface area contributed by atoms with E-state index in [9.17, 15) is 0 Å². The normalized spacial score (nSPS) is 4.50. The van der Waals surface area contributed by atoms with Gasteiger partial charge in [0.15, 0.2) is 0 Å². The molecule has 0 saturated carbocycles. The van der Waals surface area contributed by atoms with Gasteiger partial charge in [0.05, 0.1) is 0 Å². The fourth-order valence-corrected chi connectivity index (χ4v) is 0. The number of hydrogen-bond acceptors (Lipinski definition) is 5. The van der Waals surface area contributed by atoms with Gasteiger partial charge in [-0.3, -0.25) is 4.46 Å². The molecule has 0 bridgehead atoms. The van der Waals surface area contributed by atoms with Crippen molar-refractivity contribution in [2.24, 2.45) is 0 Å². The molecule has 0 heterocycles. The van der Waals surface area contributed by atoms with Gasteiger partial charge in [-0.1, -0.05) is 0 Å². The van der Waals surface area contributed by atoms with E-state index in [0.29, 0.717) is 0 Å². The van der Waals surface area contributed by atoms with Gasteiger partial charge in [-0.2, -0.15) is 0 Å². The summed E-state index contributed by atoms with van der Waals surface area (Å²) >= 11 is 0. The van der Waals surface area contributed by atoms with Gasteiger partial charge >= 0.3 is 86.6 Å². The molecule has 10 nitrogen and oxygen atoms in total. The molecule has 0 aliphatic carbocycles. The molecule has 6 N–H and O–H groups in total. The molecule has 16 heteroatoms. The van der Waals surface area contributed by atoms with Crippen LogP contribution in [0.1, 0.15) is 0 Å². The van der Waals surface area contributed by atoms with Crippen LogP contribution in [0.4, 0.5) is 0 Å². The average molecular weight is 387 g/mol. The first-order chi connectivity index (χ1) is 5.20. The molecule has 0 rings (SSSR count). The van der Waals surface area contributed by atoms with Crippen LogP contribution in [0.2, 0.25) is 0 Å². The first-order valence-electron chi connectivity index (χ1n) is 1.92. The molecule has 0 saturated heterocycles. The van der Waals surface area contributed by atoms with E-state index in [1.807, 2.05) is 0 Å². The molecule has 0 fully saturated rings. The fraction of sp³-hybridized carbons (Fsp3) is 0. The second-order valence-corrected chi connectivity index (χ2v) is 2.44. The van der Waals surface area contributed by atoms with Crippen molar-refractivity contribution in [1.29, 1.82) is 0 Å². The smallest absolute Gasteiger partial charge is 0.604 e. The number of rotatable bonds is 0. The molecule has 0 aromatic rings. The van der Waals surface area contributed by atoms with Crippen LogP contribution in [-0.4, -0.2) is 52.2 Å². The van der Waals surface area contributed by atoms with E-state index in [4.69, 9.17) is 42.2 Å². The van der Waals surface area contributed by atoms with E-state index in [1.165, 1.54) is 0 Å². The SMILES string of the molecule is O.O=[Si](O)O.O=[Si]([O-])O.O=[Si]([O-])O.[Na+].[Na+].[Zr]. The van der Waals surface area contributed by atoms with Crippen molar-refractivity contribution in [1.82, 2.24) is 0 Å². The summed E-state index contributed by atoms with van der Waals surface area (Å²) in [4.78, 5) is 45.7. The van der Waals surface area contributed by atoms with Crippen LogP contribution < -0.4 is 68.7 Å². The summed E-state index contributed by atoms with van der Waals surface area (Å²) in [7, 11) is -9.89. The van der Waals surface area contributed by atoms with E-state index >= 15 is 0 Å². The Morgan fingerprint density at radius 1 is 0.750 bits per heavy atom. The Bertz CT molecular complexity index is 122. The minimum atomic E-state index is -3.38. The standard InChI is InChI=1S/2Na.H2O3Si.2HO3Si.H2O.Zr/c;;3*1-4(2)3;;/h;;1-2H;2*1H;1H2;/q2*+1;;2*-1;;. The maximum atomic E-state index is 8.74. The van der Waals surface area contributed by atoms with Crippen LogP contribution >= 0.6 is 0 Å². The zero-order valence-corrected chi connectivity index (χ0v) is 17.8. The Balaban J connectivity index is -0.0000000135. The molecular formula is H6Na2O10Si3Zr. The molecule has 0 amide bonds. The molecule has 0 aliphatic heterocycles. The molecular weight excluding hydrogens is 381 g/mol. The summed E-state index contributed by atoms with van der Waals surface area (Å²) in [5.74, 6) is 0.